The molecule has 3 fully saturated rings. The zero-order valence-electron chi connectivity index (χ0n) is 36.7. The van der Waals surface area contributed by atoms with Crippen LogP contribution in [-0.2, 0) is 47.6 Å². The maximum absolute atomic E-state index is 13.3. The average Bonchev–Trinajstić information content (AvgIpc) is 3.69. The molecule has 3 rings (SSSR count). The second-order valence-corrected chi connectivity index (χ2v) is 16.4. The molecule has 11 N–H and O–H groups in total. The van der Waals surface area contributed by atoms with Gasteiger partial charge in [-0.1, -0.05) is 6.42 Å². The standard InChI is InChI=1S/C41H74N4O18/c1-58-24-25-20-26(59-2)21-45(25)32(50)15-4-3-8-17-43-39(57)27(44-31(49)14-7-11-19-61-41-38(56)36(54)34(52)29(23-47)63-41)12-5-9-16-42-30(48)13-6-10-18-60-40-37(55)35(53)33(51)28(22-46)62-40/h25-29,33-38,40-41,46-47,51-56H,3-24H2,1-2H3,(H,42,48)(H,43,57)(H,44,49)/t25-,26+,27+,28?,29?,33?,34?,35?,36?,37?,38?,40?,41?/m0/s1. The third kappa shape index (κ3) is 18.3. The lowest BCUT2D eigenvalue weighted by atomic mass is 9.99. The van der Waals surface area contributed by atoms with Gasteiger partial charge in [-0.25, -0.2) is 0 Å². The van der Waals surface area contributed by atoms with Crippen LogP contribution >= 0.6 is 0 Å². The molecule has 0 saturated carbocycles. The molecule has 10 unspecified atom stereocenters. The molecule has 0 aliphatic carbocycles. The van der Waals surface area contributed by atoms with E-state index in [1.807, 2.05) is 4.90 Å². The lowest BCUT2D eigenvalue weighted by Gasteiger charge is -2.39. The Bertz CT molecular complexity index is 1330. The van der Waals surface area contributed by atoms with Crippen molar-refractivity contribution >= 4 is 23.6 Å². The highest BCUT2D eigenvalue weighted by Crippen LogP contribution is 2.24. The number of rotatable bonds is 30. The van der Waals surface area contributed by atoms with Gasteiger partial charge in [0, 0.05) is 66.3 Å². The predicted molar refractivity (Wildman–Crippen MR) is 220 cm³/mol. The molecule has 4 amide bonds. The quantitative estimate of drug-likeness (QED) is 0.0314. The van der Waals surface area contributed by atoms with Crippen molar-refractivity contribution in [1.29, 1.82) is 0 Å². The van der Waals surface area contributed by atoms with Gasteiger partial charge in [0.25, 0.3) is 0 Å². The summed E-state index contributed by atoms with van der Waals surface area (Å²) < 4.78 is 32.3. The topological polar surface area (TPSA) is 325 Å². The Balaban J connectivity index is 1.37. The minimum Gasteiger partial charge on any atom is -0.394 e. The molecule has 0 spiro atoms. The van der Waals surface area contributed by atoms with E-state index >= 15 is 0 Å². The van der Waals surface area contributed by atoms with Gasteiger partial charge in [-0.15, -0.1) is 0 Å². The van der Waals surface area contributed by atoms with Gasteiger partial charge in [-0.05, 0) is 64.2 Å². The fraction of sp³-hybridized carbons (Fsp3) is 0.902. The third-order valence-electron chi connectivity index (χ3n) is 11.5. The molecule has 63 heavy (non-hydrogen) atoms. The highest BCUT2D eigenvalue weighted by atomic mass is 16.7. The van der Waals surface area contributed by atoms with Crippen LogP contribution in [0.4, 0.5) is 0 Å². The zero-order chi connectivity index (χ0) is 46.3. The number of nitrogens with zero attached hydrogens (tertiary/aromatic N) is 1. The number of nitrogens with one attached hydrogen (secondary N) is 3. The summed E-state index contributed by atoms with van der Waals surface area (Å²) in [5.74, 6) is -0.878. The summed E-state index contributed by atoms with van der Waals surface area (Å²) in [6, 6.07) is -0.862. The normalized spacial score (nSPS) is 30.2. The van der Waals surface area contributed by atoms with E-state index in [0.29, 0.717) is 96.9 Å². The Morgan fingerprint density at radius 1 is 0.651 bits per heavy atom. The first kappa shape index (κ1) is 54.7. The number of aliphatic hydroxyl groups is 8. The first-order valence-corrected chi connectivity index (χ1v) is 22.2. The van der Waals surface area contributed by atoms with Crippen molar-refractivity contribution in [3.8, 4) is 0 Å². The van der Waals surface area contributed by atoms with Gasteiger partial charge >= 0.3 is 0 Å². The van der Waals surface area contributed by atoms with Crippen molar-refractivity contribution in [2.75, 3.05) is 66.9 Å². The Hall–Kier alpha value is -2.68. The van der Waals surface area contributed by atoms with Gasteiger partial charge in [-0.2, -0.15) is 0 Å². The van der Waals surface area contributed by atoms with Crippen molar-refractivity contribution < 1.29 is 88.5 Å². The number of likely N-dealkylation sites (tertiary alicyclic amines) is 1. The van der Waals surface area contributed by atoms with Crippen LogP contribution in [-0.4, -0.2) is 216 Å². The van der Waals surface area contributed by atoms with Gasteiger partial charge in [0.05, 0.1) is 32.0 Å². The fourth-order valence-corrected chi connectivity index (χ4v) is 7.67. The summed E-state index contributed by atoms with van der Waals surface area (Å²) in [6.07, 6.45) is -7.55. The Labute approximate surface area is 368 Å². The Kier molecular flexibility index (Phi) is 25.8. The van der Waals surface area contributed by atoms with Crippen LogP contribution in [0.15, 0.2) is 0 Å². The highest BCUT2D eigenvalue weighted by Gasteiger charge is 2.45. The molecular weight excluding hydrogens is 836 g/mol. The molecule has 3 aliphatic heterocycles. The predicted octanol–water partition coefficient (Wildman–Crippen LogP) is -3.33. The summed E-state index contributed by atoms with van der Waals surface area (Å²) in [4.78, 5) is 53.4. The molecule has 0 bridgehead atoms. The number of ether oxygens (including phenoxy) is 6. The van der Waals surface area contributed by atoms with Gasteiger partial charge in [0.1, 0.15) is 54.9 Å². The first-order valence-electron chi connectivity index (χ1n) is 22.2. The molecule has 13 atom stereocenters. The van der Waals surface area contributed by atoms with E-state index < -0.39 is 80.7 Å². The van der Waals surface area contributed by atoms with E-state index in [1.54, 1.807) is 14.2 Å². The monoisotopic (exact) mass is 910 g/mol. The van der Waals surface area contributed by atoms with Crippen molar-refractivity contribution in [2.24, 2.45) is 0 Å². The van der Waals surface area contributed by atoms with Crippen LogP contribution in [0, 0.1) is 0 Å². The van der Waals surface area contributed by atoms with E-state index in [1.165, 1.54) is 0 Å². The van der Waals surface area contributed by atoms with Crippen molar-refractivity contribution in [2.45, 2.75) is 169 Å². The van der Waals surface area contributed by atoms with E-state index in [4.69, 9.17) is 28.4 Å². The number of unbranched alkanes of at least 4 members (excludes halogenated alkanes) is 5. The van der Waals surface area contributed by atoms with Crippen LogP contribution in [0.1, 0.15) is 89.9 Å². The SMILES string of the molecule is COC[C@@H]1C[C@@H](OC)CN1C(=O)CCCCCNC(=O)[C@@H](CCCCNC(=O)CCCCOC1OC(CO)C(O)C(O)C1O)NC(=O)CCCCOC1OC(CO)C(O)C(O)C1O. The maximum Gasteiger partial charge on any atom is 0.242 e. The summed E-state index contributed by atoms with van der Waals surface area (Å²) in [5, 5.41) is 87.1. The molecule has 0 aromatic heterocycles. The minimum absolute atomic E-state index is 0.0168. The number of hydrogen-bond acceptors (Lipinski definition) is 18. The van der Waals surface area contributed by atoms with Gasteiger partial charge in [0.15, 0.2) is 12.6 Å². The smallest absolute Gasteiger partial charge is 0.242 e. The van der Waals surface area contributed by atoms with Crippen molar-refractivity contribution in [1.82, 2.24) is 20.9 Å². The Morgan fingerprint density at radius 3 is 1.75 bits per heavy atom. The van der Waals surface area contributed by atoms with Gasteiger partial charge in [-0.3, -0.25) is 19.2 Å². The first-order chi connectivity index (χ1) is 30.3. The number of aliphatic hydroxyl groups excluding tert-OH is 8. The number of carbonyl (C=O) groups is 4. The molecule has 0 aromatic rings. The summed E-state index contributed by atoms with van der Waals surface area (Å²) in [7, 11) is 3.24. The molecule has 3 aliphatic rings. The Morgan fingerprint density at radius 2 is 1.19 bits per heavy atom. The minimum atomic E-state index is -1.57. The van der Waals surface area contributed by atoms with E-state index in [-0.39, 0.29) is 61.8 Å². The lowest BCUT2D eigenvalue weighted by molar-refractivity contribution is -0.301. The zero-order valence-corrected chi connectivity index (χ0v) is 36.7. The molecule has 0 aromatic carbocycles. The highest BCUT2D eigenvalue weighted by molar-refractivity contribution is 5.87. The van der Waals surface area contributed by atoms with Crippen LogP contribution in [0.25, 0.3) is 0 Å². The van der Waals surface area contributed by atoms with Crippen LogP contribution in [0.5, 0.6) is 0 Å². The van der Waals surface area contributed by atoms with Gasteiger partial charge in [0.2, 0.25) is 23.6 Å². The average molecular weight is 911 g/mol. The lowest BCUT2D eigenvalue weighted by Crippen LogP contribution is -2.59. The largest absolute Gasteiger partial charge is 0.394 e. The number of hydrogen-bond donors (Lipinski definition) is 11. The molecule has 366 valence electrons. The third-order valence-corrected chi connectivity index (χ3v) is 11.5. The number of methoxy groups -OCH3 is 2. The number of amides is 4. The molecule has 22 nitrogen and oxygen atoms in total. The summed E-state index contributed by atoms with van der Waals surface area (Å²) in [6.45, 7) is 0.663. The van der Waals surface area contributed by atoms with Crippen LogP contribution in [0.3, 0.4) is 0 Å². The van der Waals surface area contributed by atoms with E-state index in [9.17, 15) is 60.0 Å². The maximum atomic E-state index is 13.3. The molecular formula is C41H74N4O18. The van der Waals surface area contributed by atoms with Crippen molar-refractivity contribution in [3.63, 3.8) is 0 Å². The number of carbonyl (C=O) groups excluding carboxylic acids is 4. The second kappa shape index (κ2) is 29.8. The molecule has 3 heterocycles. The van der Waals surface area contributed by atoms with Gasteiger partial charge < -0.3 is 90.1 Å². The molecule has 0 radical (unpaired) electrons. The van der Waals surface area contributed by atoms with E-state index in [2.05, 4.69) is 16.0 Å². The summed E-state index contributed by atoms with van der Waals surface area (Å²) in [5.41, 5.74) is 0. The molecule has 22 heteroatoms. The van der Waals surface area contributed by atoms with E-state index in [0.717, 1.165) is 6.42 Å². The van der Waals surface area contributed by atoms with Crippen molar-refractivity contribution in [3.05, 3.63) is 0 Å². The molecule has 3 saturated heterocycles. The van der Waals surface area contributed by atoms with Crippen LogP contribution < -0.4 is 16.0 Å². The summed E-state index contributed by atoms with van der Waals surface area (Å²) >= 11 is 0. The van der Waals surface area contributed by atoms with Crippen LogP contribution in [0.2, 0.25) is 0 Å². The fourth-order valence-electron chi connectivity index (χ4n) is 7.67. The second-order valence-electron chi connectivity index (χ2n) is 16.4.